The number of fused-ring (bicyclic) bond motifs is 1. The Morgan fingerprint density at radius 3 is 3.00 bits per heavy atom. The third-order valence-corrected chi connectivity index (χ3v) is 3.20. The lowest BCUT2D eigenvalue weighted by molar-refractivity contribution is 0.449. The lowest BCUT2D eigenvalue weighted by Gasteiger charge is -2.00. The van der Waals surface area contributed by atoms with Gasteiger partial charge in [-0.2, -0.15) is 0 Å². The minimum Gasteiger partial charge on any atom is -0.444 e. The molecule has 19 heavy (non-hydrogen) atoms. The van der Waals surface area contributed by atoms with Crippen LogP contribution < -0.4 is 5.32 Å². The largest absolute Gasteiger partial charge is 0.444 e. The van der Waals surface area contributed by atoms with Gasteiger partial charge in [-0.3, -0.25) is 0 Å². The summed E-state index contributed by atoms with van der Waals surface area (Å²) < 4.78 is 5.53. The fourth-order valence-electron chi connectivity index (χ4n) is 2.08. The number of oxazole rings is 1. The van der Waals surface area contributed by atoms with Crippen LogP contribution >= 0.6 is 0 Å². The molecule has 0 bridgehead atoms. The van der Waals surface area contributed by atoms with E-state index in [4.69, 9.17) is 4.42 Å². The lowest BCUT2D eigenvalue weighted by Crippen LogP contribution is -2.12. The third kappa shape index (κ3) is 2.37. The van der Waals surface area contributed by atoms with E-state index >= 15 is 0 Å². The molecule has 0 unspecified atom stereocenters. The van der Waals surface area contributed by atoms with Crippen LogP contribution in [0.5, 0.6) is 0 Å². The second-order valence-electron chi connectivity index (χ2n) is 4.57. The van der Waals surface area contributed by atoms with Gasteiger partial charge in [-0.15, -0.1) is 0 Å². The van der Waals surface area contributed by atoms with Crippen LogP contribution in [0, 0.1) is 13.8 Å². The van der Waals surface area contributed by atoms with Crippen LogP contribution in [0.3, 0.4) is 0 Å². The molecule has 0 radical (unpaired) electrons. The molecule has 0 saturated carbocycles. The Hall–Kier alpha value is -2.14. The molecule has 3 rings (SSSR count). The van der Waals surface area contributed by atoms with Crippen LogP contribution in [-0.2, 0) is 13.1 Å². The summed E-state index contributed by atoms with van der Waals surface area (Å²) in [6.45, 7) is 5.26. The smallest absolute Gasteiger partial charge is 0.208 e. The van der Waals surface area contributed by atoms with Crippen LogP contribution in [-0.4, -0.2) is 15.0 Å². The van der Waals surface area contributed by atoms with E-state index in [-0.39, 0.29) is 0 Å². The minimum absolute atomic E-state index is 0.627. The minimum atomic E-state index is 0.627. The van der Waals surface area contributed by atoms with Crippen molar-refractivity contribution in [2.45, 2.75) is 26.9 Å². The van der Waals surface area contributed by atoms with E-state index in [9.17, 15) is 0 Å². The Labute approximate surface area is 111 Å². The Bertz CT molecular complexity index is 679. The van der Waals surface area contributed by atoms with Crippen LogP contribution in [0.25, 0.3) is 11.0 Å². The Balaban J connectivity index is 1.66. The summed E-state index contributed by atoms with van der Waals surface area (Å²) in [6.07, 6.45) is 3.77. The molecule has 3 aromatic rings. The Morgan fingerprint density at radius 2 is 2.21 bits per heavy atom. The summed E-state index contributed by atoms with van der Waals surface area (Å²) in [4.78, 5) is 11.8. The molecule has 5 heteroatoms. The van der Waals surface area contributed by atoms with Crippen molar-refractivity contribution in [1.29, 1.82) is 0 Å². The molecule has 3 aromatic heterocycles. The van der Waals surface area contributed by atoms with E-state index in [1.54, 1.807) is 6.20 Å². The lowest BCUT2D eigenvalue weighted by atomic mass is 10.2. The summed E-state index contributed by atoms with van der Waals surface area (Å²) in [5.74, 6) is 1.61. The number of hydrogen-bond donors (Lipinski definition) is 2. The van der Waals surface area contributed by atoms with E-state index in [1.807, 2.05) is 26.1 Å². The van der Waals surface area contributed by atoms with Gasteiger partial charge < -0.3 is 14.7 Å². The molecule has 98 valence electrons. The second-order valence-corrected chi connectivity index (χ2v) is 4.57. The molecular weight excluding hydrogens is 240 g/mol. The molecule has 3 heterocycles. The Kier molecular flexibility index (Phi) is 3.05. The maximum Gasteiger partial charge on any atom is 0.208 e. The first kappa shape index (κ1) is 11.9. The van der Waals surface area contributed by atoms with Crippen molar-refractivity contribution in [1.82, 2.24) is 20.3 Å². The zero-order chi connectivity index (χ0) is 13.2. The third-order valence-electron chi connectivity index (χ3n) is 3.20. The molecule has 0 aliphatic rings. The number of pyridine rings is 1. The van der Waals surface area contributed by atoms with Crippen LogP contribution in [0.1, 0.15) is 22.9 Å². The van der Waals surface area contributed by atoms with Crippen molar-refractivity contribution < 1.29 is 4.42 Å². The molecule has 5 nitrogen and oxygen atoms in total. The molecule has 0 amide bonds. The number of H-pyrrole nitrogens is 1. The van der Waals surface area contributed by atoms with Crippen molar-refractivity contribution in [3.8, 4) is 0 Å². The molecule has 0 atom stereocenters. The molecule has 2 N–H and O–H groups in total. The van der Waals surface area contributed by atoms with Crippen molar-refractivity contribution in [3.63, 3.8) is 0 Å². The molecule has 0 aliphatic carbocycles. The summed E-state index contributed by atoms with van der Waals surface area (Å²) in [5.41, 5.74) is 3.07. The highest BCUT2D eigenvalue weighted by molar-refractivity contribution is 5.79. The number of nitrogens with zero attached hydrogens (tertiary/aromatic N) is 2. The van der Waals surface area contributed by atoms with Crippen LogP contribution in [0.15, 0.2) is 28.9 Å². The van der Waals surface area contributed by atoms with E-state index < -0.39 is 0 Å². The molecule has 0 saturated heterocycles. The van der Waals surface area contributed by atoms with E-state index in [2.05, 4.69) is 26.3 Å². The topological polar surface area (TPSA) is 66.7 Å². The number of hydrogen-bond acceptors (Lipinski definition) is 4. The first-order valence-electron chi connectivity index (χ1n) is 6.28. The number of nitrogens with one attached hydrogen (secondary N) is 2. The number of aromatic amines is 1. The van der Waals surface area contributed by atoms with Gasteiger partial charge >= 0.3 is 0 Å². The van der Waals surface area contributed by atoms with Gasteiger partial charge in [0.1, 0.15) is 11.4 Å². The van der Waals surface area contributed by atoms with Gasteiger partial charge in [0.2, 0.25) is 5.89 Å². The average Bonchev–Trinajstić information content (AvgIpc) is 2.95. The molecule has 0 aromatic carbocycles. The van der Waals surface area contributed by atoms with Crippen molar-refractivity contribution in [2.24, 2.45) is 0 Å². The fourth-order valence-corrected chi connectivity index (χ4v) is 2.08. The van der Waals surface area contributed by atoms with Gasteiger partial charge in [-0.25, -0.2) is 9.97 Å². The average molecular weight is 256 g/mol. The molecule has 0 fully saturated rings. The Morgan fingerprint density at radius 1 is 1.32 bits per heavy atom. The van der Waals surface area contributed by atoms with Crippen molar-refractivity contribution >= 4 is 11.0 Å². The number of rotatable bonds is 4. The summed E-state index contributed by atoms with van der Waals surface area (Å²) in [5, 5.41) is 4.48. The van der Waals surface area contributed by atoms with Crippen LogP contribution in [0.4, 0.5) is 0 Å². The predicted molar refractivity (Wildman–Crippen MR) is 72.6 cm³/mol. The maximum atomic E-state index is 5.53. The highest BCUT2D eigenvalue weighted by atomic mass is 16.4. The van der Waals surface area contributed by atoms with Gasteiger partial charge in [0.25, 0.3) is 0 Å². The van der Waals surface area contributed by atoms with Gasteiger partial charge in [-0.1, -0.05) is 0 Å². The standard InChI is InChI=1S/C14H16N4O/c1-9-10(2)19-13(18-9)8-15-6-11-7-17-14-12(11)4-3-5-16-14/h3-5,7,15H,6,8H2,1-2H3,(H,16,17). The normalized spacial score (nSPS) is 11.3. The molecule has 0 spiro atoms. The van der Waals surface area contributed by atoms with Gasteiger partial charge in [0, 0.05) is 24.3 Å². The number of aryl methyl sites for hydroxylation is 2. The molecular formula is C14H16N4O. The van der Waals surface area contributed by atoms with Gasteiger partial charge in [-0.05, 0) is 31.5 Å². The van der Waals surface area contributed by atoms with Crippen molar-refractivity contribution in [3.05, 3.63) is 47.4 Å². The highest BCUT2D eigenvalue weighted by Gasteiger charge is 2.06. The maximum absolute atomic E-state index is 5.53. The monoisotopic (exact) mass is 256 g/mol. The van der Waals surface area contributed by atoms with E-state index in [1.165, 1.54) is 5.56 Å². The predicted octanol–water partition coefficient (Wildman–Crippen LogP) is 2.46. The summed E-state index contributed by atoms with van der Waals surface area (Å²) >= 11 is 0. The van der Waals surface area contributed by atoms with Crippen molar-refractivity contribution in [2.75, 3.05) is 0 Å². The van der Waals surface area contributed by atoms with Gasteiger partial charge in [0.15, 0.2) is 0 Å². The zero-order valence-corrected chi connectivity index (χ0v) is 11.0. The first-order chi connectivity index (χ1) is 9.24. The number of aromatic nitrogens is 3. The van der Waals surface area contributed by atoms with E-state index in [0.29, 0.717) is 6.54 Å². The summed E-state index contributed by atoms with van der Waals surface area (Å²) in [7, 11) is 0. The summed E-state index contributed by atoms with van der Waals surface area (Å²) in [6, 6.07) is 4.01. The first-order valence-corrected chi connectivity index (χ1v) is 6.28. The SMILES string of the molecule is Cc1nc(CNCc2c[nH]c3ncccc23)oc1C. The quantitative estimate of drug-likeness (QED) is 0.752. The van der Waals surface area contributed by atoms with Gasteiger partial charge in [0.05, 0.1) is 12.2 Å². The fraction of sp³-hybridized carbons (Fsp3) is 0.286. The second kappa shape index (κ2) is 4.85. The van der Waals surface area contributed by atoms with E-state index in [0.717, 1.165) is 34.9 Å². The highest BCUT2D eigenvalue weighted by Crippen LogP contribution is 2.15. The van der Waals surface area contributed by atoms with Crippen LogP contribution in [0.2, 0.25) is 0 Å². The zero-order valence-electron chi connectivity index (χ0n) is 11.0. The molecule has 0 aliphatic heterocycles.